The number of sulfonamides is 1. The van der Waals surface area contributed by atoms with Gasteiger partial charge in [0.2, 0.25) is 5.88 Å². The molecule has 2 spiro atoms. The lowest BCUT2D eigenvalue weighted by Gasteiger charge is -2.61. The van der Waals surface area contributed by atoms with Gasteiger partial charge in [0, 0.05) is 80.6 Å². The summed E-state index contributed by atoms with van der Waals surface area (Å²) in [5.74, 6) is 0.842. The number of hydrogen-bond acceptors (Lipinski definition) is 14. The average molecular weight is 973 g/mol. The van der Waals surface area contributed by atoms with Gasteiger partial charge in [-0.3, -0.25) is 19.8 Å². The molecule has 3 aromatic carbocycles. The fourth-order valence-electron chi connectivity index (χ4n) is 12.8. The Balaban J connectivity index is 0.831. The number of piperidine rings is 2. The fourth-order valence-corrected chi connectivity index (χ4v) is 13.8. The molecule has 1 amide bonds. The second kappa shape index (κ2) is 18.0. The maximum atomic E-state index is 14.7. The van der Waals surface area contributed by atoms with Crippen LogP contribution in [-0.4, -0.2) is 112 Å². The minimum Gasteiger partial charge on any atom is -0.493 e. The molecule has 70 heavy (non-hydrogen) atoms. The molecule has 7 aliphatic rings. The molecule has 1 aliphatic carbocycles. The summed E-state index contributed by atoms with van der Waals surface area (Å²) in [4.78, 5) is 41.3. The second-order valence-electron chi connectivity index (χ2n) is 20.5. The van der Waals surface area contributed by atoms with Crippen LogP contribution >= 0.6 is 0 Å². The van der Waals surface area contributed by atoms with Crippen LogP contribution in [0.25, 0.3) is 11.0 Å². The summed E-state index contributed by atoms with van der Waals surface area (Å²) >= 11 is 0. The summed E-state index contributed by atoms with van der Waals surface area (Å²) in [5.41, 5.74) is 4.29. The molecule has 6 aliphatic heterocycles. The molecule has 0 radical (unpaired) electrons. The number of nitro benzene ring substituents is 1. The van der Waals surface area contributed by atoms with Gasteiger partial charge in [0.15, 0.2) is 0 Å². The summed E-state index contributed by atoms with van der Waals surface area (Å²) < 4.78 is 54.8. The van der Waals surface area contributed by atoms with Crippen molar-refractivity contribution in [2.75, 3.05) is 74.3 Å². The highest BCUT2D eigenvalue weighted by Gasteiger charge is 2.54. The number of para-hydroxylation sites is 1. The van der Waals surface area contributed by atoms with E-state index in [2.05, 4.69) is 49.1 Å². The first-order valence-corrected chi connectivity index (χ1v) is 26.6. The Morgan fingerprint density at radius 1 is 0.886 bits per heavy atom. The predicted octanol–water partition coefficient (Wildman–Crippen LogP) is 8.03. The van der Waals surface area contributed by atoms with Crippen LogP contribution < -0.4 is 29.3 Å². The van der Waals surface area contributed by atoms with Crippen molar-refractivity contribution in [3.05, 3.63) is 100 Å². The highest BCUT2D eigenvalue weighted by molar-refractivity contribution is 7.90. The Bertz CT molecular complexity index is 2930. The Morgan fingerprint density at radius 2 is 1.71 bits per heavy atom. The minimum atomic E-state index is -4.60. The van der Waals surface area contributed by atoms with Crippen LogP contribution in [0, 0.1) is 21.4 Å². The van der Waals surface area contributed by atoms with Gasteiger partial charge in [-0.05, 0) is 124 Å². The number of amides is 1. The van der Waals surface area contributed by atoms with E-state index < -0.39 is 31.4 Å². The number of nitro groups is 1. The molecular formula is C52H60N8O9S. The van der Waals surface area contributed by atoms with E-state index in [1.807, 2.05) is 35.4 Å². The van der Waals surface area contributed by atoms with E-state index in [4.69, 9.17) is 23.9 Å². The number of anilines is 4. The van der Waals surface area contributed by atoms with Crippen molar-refractivity contribution in [3.63, 3.8) is 0 Å². The van der Waals surface area contributed by atoms with Gasteiger partial charge < -0.3 is 39.0 Å². The number of ether oxygens (including phenoxy) is 4. The highest BCUT2D eigenvalue weighted by Crippen LogP contribution is 2.57. The van der Waals surface area contributed by atoms with Gasteiger partial charge >= 0.3 is 0 Å². The largest absolute Gasteiger partial charge is 0.493 e. The zero-order valence-corrected chi connectivity index (χ0v) is 40.1. The number of aromatic nitrogens is 2. The average Bonchev–Trinajstić information content (AvgIpc) is 3.84. The normalized spacial score (nSPS) is 24.7. The van der Waals surface area contributed by atoms with Crippen molar-refractivity contribution >= 4 is 55.4 Å². The van der Waals surface area contributed by atoms with E-state index in [1.54, 1.807) is 6.07 Å². The summed E-state index contributed by atoms with van der Waals surface area (Å²) in [6.45, 7) is 6.10. The molecule has 12 rings (SSSR count). The number of fused-ring (bicyclic) bond motifs is 5. The summed E-state index contributed by atoms with van der Waals surface area (Å²) in [5, 5.41) is 16.3. The van der Waals surface area contributed by atoms with Crippen LogP contribution in [0.4, 0.5) is 28.4 Å². The van der Waals surface area contributed by atoms with E-state index in [1.165, 1.54) is 49.8 Å². The molecule has 368 valence electrons. The topological polar surface area (TPSA) is 194 Å². The first-order valence-electron chi connectivity index (χ1n) is 25.1. The van der Waals surface area contributed by atoms with Crippen LogP contribution in [0.15, 0.2) is 83.9 Å². The molecular weight excluding hydrogens is 913 g/mol. The molecule has 5 aromatic rings. The van der Waals surface area contributed by atoms with Crippen LogP contribution in [0.3, 0.4) is 0 Å². The molecule has 0 unspecified atom stereocenters. The van der Waals surface area contributed by atoms with Gasteiger partial charge in [-0.25, -0.2) is 13.1 Å². The van der Waals surface area contributed by atoms with Crippen LogP contribution in [0.5, 0.6) is 11.6 Å². The number of likely N-dealkylation sites (tertiary alicyclic amines) is 1. The first kappa shape index (κ1) is 45.2. The van der Waals surface area contributed by atoms with Crippen LogP contribution in [-0.2, 0) is 25.0 Å². The maximum Gasteiger partial charge on any atom is 0.293 e. The SMILES string of the molecule is O=C(NS(=O)(=O)c1ccc(NCC2CCOCC2)c([N+](=O)[O-])c1)c1ccc(N2CCC3(CC2)CC(N2CCCC[C@]24CCOc2ccccc24)C3)cc1N1c2cc3cc[nH]c3nc2O[C@H]2CCOC[C@H]21. The number of nitrogens with one attached hydrogen (secondary N) is 3. The molecule has 17 nitrogen and oxygen atoms in total. The lowest BCUT2D eigenvalue weighted by atomic mass is 9.58. The van der Waals surface area contributed by atoms with E-state index in [-0.39, 0.29) is 40.3 Å². The molecule has 4 saturated heterocycles. The Labute approximate surface area is 407 Å². The minimum absolute atomic E-state index is 0.0391. The number of pyridine rings is 1. The van der Waals surface area contributed by atoms with E-state index >= 15 is 0 Å². The molecule has 3 N–H and O–H groups in total. The van der Waals surface area contributed by atoms with Crippen molar-refractivity contribution in [2.45, 2.75) is 99.3 Å². The maximum absolute atomic E-state index is 14.7. The Hall–Kier alpha value is -5.95. The molecule has 0 bridgehead atoms. The van der Waals surface area contributed by atoms with Gasteiger partial charge in [-0.15, -0.1) is 0 Å². The fraction of sp³-hybridized carbons (Fsp3) is 0.500. The molecule has 1 saturated carbocycles. The zero-order chi connectivity index (χ0) is 47.6. The summed E-state index contributed by atoms with van der Waals surface area (Å²) in [6.07, 6.45) is 12.8. The van der Waals surface area contributed by atoms with Gasteiger partial charge in [-0.1, -0.05) is 18.2 Å². The second-order valence-corrected chi connectivity index (χ2v) is 22.2. The third-order valence-electron chi connectivity index (χ3n) is 16.6. The highest BCUT2D eigenvalue weighted by atomic mass is 32.2. The zero-order valence-electron chi connectivity index (χ0n) is 39.3. The molecule has 2 aromatic heterocycles. The molecule has 5 fully saturated rings. The van der Waals surface area contributed by atoms with Gasteiger partial charge in [0.25, 0.3) is 21.6 Å². The van der Waals surface area contributed by atoms with E-state index in [9.17, 15) is 23.3 Å². The number of carbonyl (C=O) groups is 1. The molecule has 8 heterocycles. The Morgan fingerprint density at radius 3 is 2.56 bits per heavy atom. The number of aromatic amines is 1. The quantitative estimate of drug-likeness (QED) is 0.0900. The smallest absolute Gasteiger partial charge is 0.293 e. The molecule has 18 heteroatoms. The van der Waals surface area contributed by atoms with Crippen LogP contribution in [0.2, 0.25) is 0 Å². The number of benzene rings is 3. The monoisotopic (exact) mass is 972 g/mol. The van der Waals surface area contributed by atoms with Crippen molar-refractivity contribution in [1.29, 1.82) is 0 Å². The summed E-state index contributed by atoms with van der Waals surface area (Å²) in [6, 6.07) is 22.0. The van der Waals surface area contributed by atoms with Gasteiger partial charge in [-0.2, -0.15) is 4.98 Å². The Kier molecular flexibility index (Phi) is 11.6. The number of H-pyrrole nitrogens is 1. The van der Waals surface area contributed by atoms with Crippen LogP contribution in [0.1, 0.15) is 86.6 Å². The van der Waals surface area contributed by atoms with E-state index in [0.717, 1.165) is 81.2 Å². The third kappa shape index (κ3) is 8.09. The van der Waals surface area contributed by atoms with Crippen molar-refractivity contribution in [1.82, 2.24) is 19.6 Å². The van der Waals surface area contributed by atoms with Gasteiger partial charge in [0.1, 0.15) is 28.9 Å². The third-order valence-corrected chi connectivity index (χ3v) is 18.0. The number of nitrogens with zero attached hydrogens (tertiary/aromatic N) is 5. The molecule has 3 atom stereocenters. The van der Waals surface area contributed by atoms with Crippen molar-refractivity contribution in [2.24, 2.45) is 11.3 Å². The number of hydrogen-bond donors (Lipinski definition) is 3. The lowest BCUT2D eigenvalue weighted by Crippen LogP contribution is -2.62. The summed E-state index contributed by atoms with van der Waals surface area (Å²) in [7, 11) is -4.60. The van der Waals surface area contributed by atoms with E-state index in [0.29, 0.717) is 68.3 Å². The number of rotatable bonds is 10. The van der Waals surface area contributed by atoms with Crippen molar-refractivity contribution < 1.29 is 37.1 Å². The van der Waals surface area contributed by atoms with Crippen molar-refractivity contribution in [3.8, 4) is 11.6 Å². The lowest BCUT2D eigenvalue weighted by molar-refractivity contribution is -0.384. The standard InChI is InChI=1S/C52H60N8O9S/c61-49(56-70(64,65)38-8-10-41(43(29-38)60(62)63)54-32-34-12-23-66-24-13-34)39-9-7-36(28-42(39)59-44-27-35-11-19-53-48(35)55-50(44)69-47-14-25-67-33-45(47)59)57-21-16-51(17-22-57)30-37(31-51)58-20-4-3-15-52(58)18-26-68-46-6-2-1-5-40(46)52/h1-2,5-11,19,27-29,34,37,45,47,54H,3-4,12-18,20-26,30-33H2,(H,53,55)(H,56,61)/t45-,47+,52-/m1/s1. The predicted molar refractivity (Wildman–Crippen MR) is 264 cm³/mol. The number of carbonyl (C=O) groups excluding carboxylic acids is 1. The first-order chi connectivity index (χ1) is 34.1. The van der Waals surface area contributed by atoms with Gasteiger partial charge in [0.05, 0.1) is 52.5 Å².